The van der Waals surface area contributed by atoms with Gasteiger partial charge in [0.25, 0.3) is 0 Å². The lowest BCUT2D eigenvalue weighted by Gasteiger charge is -2.25. The van der Waals surface area contributed by atoms with Crippen LogP contribution in [0, 0.1) is 5.92 Å². The van der Waals surface area contributed by atoms with Crippen molar-refractivity contribution in [3.05, 3.63) is 0 Å². The number of carbonyl (C=O) groups excluding carboxylic acids is 5. The number of unbranched alkanes of at least 4 members (excludes halogenated alkanes) is 1. The minimum atomic E-state index is -1.45. The minimum absolute atomic E-state index is 0.0814. The van der Waals surface area contributed by atoms with Crippen LogP contribution in [0.25, 0.3) is 0 Å². The summed E-state index contributed by atoms with van der Waals surface area (Å²) in [6, 6.07) is -4.97. The Labute approximate surface area is 197 Å². The van der Waals surface area contributed by atoms with E-state index >= 15 is 0 Å². The van der Waals surface area contributed by atoms with Gasteiger partial charge >= 0.3 is 5.97 Å². The summed E-state index contributed by atoms with van der Waals surface area (Å²) in [4.78, 5) is 71.6. The van der Waals surface area contributed by atoms with Gasteiger partial charge in [0, 0.05) is 6.42 Å². The van der Waals surface area contributed by atoms with Crippen LogP contribution in [0.15, 0.2) is 0 Å². The summed E-state index contributed by atoms with van der Waals surface area (Å²) < 4.78 is 0. The SMILES string of the molecule is CC(C)C(NC(=O)C(CCCCN)NC(=O)C(CC(N)=O)NC(=O)C(N)CCC(N)=O)C(=O)O. The molecule has 0 aliphatic carbocycles. The third-order valence-corrected chi connectivity index (χ3v) is 4.89. The van der Waals surface area contributed by atoms with Gasteiger partial charge in [-0.05, 0) is 38.1 Å². The third kappa shape index (κ3) is 12.1. The molecule has 0 spiro atoms. The fourth-order valence-electron chi connectivity index (χ4n) is 2.92. The molecule has 4 atom stereocenters. The average Bonchev–Trinajstić information content (AvgIpc) is 2.73. The number of carboxylic acid groups (broad SMARTS) is 1. The summed E-state index contributed by atoms with van der Waals surface area (Å²) >= 11 is 0. The highest BCUT2D eigenvalue weighted by Crippen LogP contribution is 2.07. The van der Waals surface area contributed by atoms with Gasteiger partial charge in [-0.1, -0.05) is 13.8 Å². The predicted molar refractivity (Wildman–Crippen MR) is 121 cm³/mol. The van der Waals surface area contributed by atoms with Gasteiger partial charge in [0.2, 0.25) is 29.5 Å². The number of nitrogens with two attached hydrogens (primary N) is 4. The van der Waals surface area contributed by atoms with Crippen molar-refractivity contribution >= 4 is 35.5 Å². The van der Waals surface area contributed by atoms with Crippen LogP contribution < -0.4 is 38.9 Å². The molecule has 0 heterocycles. The van der Waals surface area contributed by atoms with Gasteiger partial charge in [0.1, 0.15) is 18.1 Å². The summed E-state index contributed by atoms with van der Waals surface area (Å²) in [5.41, 5.74) is 21.4. The first-order chi connectivity index (χ1) is 15.8. The molecule has 0 aromatic rings. The van der Waals surface area contributed by atoms with Crippen molar-refractivity contribution in [1.82, 2.24) is 16.0 Å². The summed E-state index contributed by atoms with van der Waals surface area (Å²) in [6.07, 6.45) is 0.296. The number of carbonyl (C=O) groups is 6. The minimum Gasteiger partial charge on any atom is -0.480 e. The molecule has 14 heteroatoms. The lowest BCUT2D eigenvalue weighted by atomic mass is 10.0. The zero-order valence-corrected chi connectivity index (χ0v) is 19.5. The maximum absolute atomic E-state index is 12.8. The lowest BCUT2D eigenvalue weighted by molar-refractivity contribution is -0.143. The van der Waals surface area contributed by atoms with Gasteiger partial charge in [-0.15, -0.1) is 0 Å². The second-order valence-electron chi connectivity index (χ2n) is 8.26. The molecule has 0 aromatic heterocycles. The van der Waals surface area contributed by atoms with Gasteiger partial charge in [0.15, 0.2) is 0 Å². The molecule has 4 unspecified atom stereocenters. The van der Waals surface area contributed by atoms with Crippen LogP contribution in [-0.2, 0) is 28.8 Å². The largest absolute Gasteiger partial charge is 0.480 e. The van der Waals surface area contributed by atoms with Crippen LogP contribution >= 0.6 is 0 Å². The highest BCUT2D eigenvalue weighted by molar-refractivity contribution is 5.96. The number of hydrogen-bond donors (Lipinski definition) is 8. The van der Waals surface area contributed by atoms with E-state index in [1.54, 1.807) is 13.8 Å². The van der Waals surface area contributed by atoms with E-state index in [1.807, 2.05) is 0 Å². The maximum atomic E-state index is 12.8. The quantitative estimate of drug-likeness (QED) is 0.0957. The molecule has 0 saturated carbocycles. The van der Waals surface area contributed by atoms with E-state index in [2.05, 4.69) is 16.0 Å². The standard InChI is InChI=1S/C20H37N7O7/c1-10(2)16(20(33)34)27-18(31)12(5-3-4-8-21)25-19(32)13(9-15(24)29)26-17(30)11(22)6-7-14(23)28/h10-13,16H,3-9,21-22H2,1-2H3,(H2,23,28)(H2,24,29)(H,25,32)(H,26,30)(H,27,31)(H,33,34). The number of aliphatic carboxylic acids is 1. The summed E-state index contributed by atoms with van der Waals surface area (Å²) in [7, 11) is 0. The van der Waals surface area contributed by atoms with E-state index in [4.69, 9.17) is 22.9 Å². The van der Waals surface area contributed by atoms with Crippen molar-refractivity contribution in [3.63, 3.8) is 0 Å². The van der Waals surface area contributed by atoms with E-state index in [0.717, 1.165) is 0 Å². The van der Waals surface area contributed by atoms with Crippen molar-refractivity contribution in [2.24, 2.45) is 28.9 Å². The molecule has 194 valence electrons. The second-order valence-corrected chi connectivity index (χ2v) is 8.26. The molecule has 0 fully saturated rings. The molecular weight excluding hydrogens is 450 g/mol. The molecule has 0 saturated heterocycles. The topological polar surface area (TPSA) is 263 Å². The molecule has 12 N–H and O–H groups in total. The van der Waals surface area contributed by atoms with Gasteiger partial charge < -0.3 is 44.0 Å². The fourth-order valence-corrected chi connectivity index (χ4v) is 2.92. The van der Waals surface area contributed by atoms with E-state index < -0.39 is 72.0 Å². The van der Waals surface area contributed by atoms with E-state index in [-0.39, 0.29) is 19.3 Å². The average molecular weight is 488 g/mol. The number of nitrogens with one attached hydrogen (secondary N) is 3. The summed E-state index contributed by atoms with van der Waals surface area (Å²) in [5.74, 6) is -5.68. The highest BCUT2D eigenvalue weighted by Gasteiger charge is 2.31. The van der Waals surface area contributed by atoms with Crippen LogP contribution in [0.1, 0.15) is 52.4 Å². The fraction of sp³-hybridized carbons (Fsp3) is 0.700. The Hall–Kier alpha value is -3.26. The Morgan fingerprint density at radius 2 is 1.35 bits per heavy atom. The first-order valence-corrected chi connectivity index (χ1v) is 11.0. The number of primary amides is 2. The molecular formula is C20H37N7O7. The number of carboxylic acids is 1. The second kappa shape index (κ2) is 15.6. The zero-order valence-electron chi connectivity index (χ0n) is 19.5. The van der Waals surface area contributed by atoms with Crippen molar-refractivity contribution in [3.8, 4) is 0 Å². The summed E-state index contributed by atoms with van der Waals surface area (Å²) in [5, 5.41) is 16.4. The Balaban J connectivity index is 5.50. The first-order valence-electron chi connectivity index (χ1n) is 11.0. The number of amides is 5. The van der Waals surface area contributed by atoms with E-state index in [9.17, 15) is 33.9 Å². The third-order valence-electron chi connectivity index (χ3n) is 4.89. The number of hydrogen-bond acceptors (Lipinski definition) is 8. The highest BCUT2D eigenvalue weighted by atomic mass is 16.4. The molecule has 5 amide bonds. The number of rotatable bonds is 17. The van der Waals surface area contributed by atoms with Gasteiger partial charge in [-0.3, -0.25) is 24.0 Å². The van der Waals surface area contributed by atoms with E-state index in [1.165, 1.54) is 0 Å². The van der Waals surface area contributed by atoms with Crippen LogP contribution in [0.5, 0.6) is 0 Å². The molecule has 0 aliphatic heterocycles. The molecule has 0 aromatic carbocycles. The Kier molecular flexibility index (Phi) is 14.1. The molecule has 0 aliphatic rings. The molecule has 0 radical (unpaired) electrons. The lowest BCUT2D eigenvalue weighted by Crippen LogP contribution is -2.58. The maximum Gasteiger partial charge on any atom is 0.326 e. The Bertz CT molecular complexity index is 745. The van der Waals surface area contributed by atoms with Crippen LogP contribution in [0.3, 0.4) is 0 Å². The van der Waals surface area contributed by atoms with Crippen LogP contribution in [0.2, 0.25) is 0 Å². The van der Waals surface area contributed by atoms with Crippen molar-refractivity contribution in [1.29, 1.82) is 0 Å². The molecule has 0 rings (SSSR count). The Morgan fingerprint density at radius 3 is 1.82 bits per heavy atom. The van der Waals surface area contributed by atoms with Gasteiger partial charge in [0.05, 0.1) is 12.5 Å². The monoisotopic (exact) mass is 487 g/mol. The first kappa shape index (κ1) is 30.7. The van der Waals surface area contributed by atoms with Crippen LogP contribution in [-0.4, -0.2) is 71.3 Å². The van der Waals surface area contributed by atoms with Gasteiger partial charge in [-0.2, -0.15) is 0 Å². The molecule has 14 nitrogen and oxygen atoms in total. The zero-order chi connectivity index (χ0) is 26.4. The van der Waals surface area contributed by atoms with Crippen molar-refractivity contribution < 1.29 is 33.9 Å². The smallest absolute Gasteiger partial charge is 0.326 e. The summed E-state index contributed by atoms with van der Waals surface area (Å²) in [6.45, 7) is 3.57. The van der Waals surface area contributed by atoms with Crippen LogP contribution in [0.4, 0.5) is 0 Å². The molecule has 0 bridgehead atoms. The van der Waals surface area contributed by atoms with Crippen molar-refractivity contribution in [2.45, 2.75) is 76.5 Å². The van der Waals surface area contributed by atoms with Gasteiger partial charge in [-0.25, -0.2) is 4.79 Å². The van der Waals surface area contributed by atoms with E-state index in [0.29, 0.717) is 19.4 Å². The molecule has 34 heavy (non-hydrogen) atoms. The Morgan fingerprint density at radius 1 is 0.794 bits per heavy atom. The normalized spacial score (nSPS) is 14.4. The predicted octanol–water partition coefficient (Wildman–Crippen LogP) is -3.22. The van der Waals surface area contributed by atoms with Crippen molar-refractivity contribution in [2.75, 3.05) is 6.54 Å².